The number of amides is 3. The Morgan fingerprint density at radius 1 is 1.02 bits per heavy atom. The second kappa shape index (κ2) is 10.6. The predicted molar refractivity (Wildman–Crippen MR) is 158 cm³/mol. The third-order valence-electron chi connectivity index (χ3n) is 8.27. The Morgan fingerprint density at radius 3 is 2.43 bits per heavy atom. The standard InChI is InChI=1S/C30H38N8O4/c1-30(2,3)42-29(41)37-20-9-10-22(37)17-36(25(39)14-20)21-11-12-24(31-16-21)33-28-32-15-18-13-23(27(40)35(4)5)38(26(18)34-28)19-7-6-8-19/h11-13,15-16,19-20,22H,6-10,14,17H2,1-5H3,(H,31,32,33,34). The molecule has 2 aliphatic heterocycles. The van der Waals surface area contributed by atoms with E-state index in [-0.39, 0.29) is 42.5 Å². The van der Waals surface area contributed by atoms with Crippen molar-refractivity contribution in [2.24, 2.45) is 0 Å². The molecule has 42 heavy (non-hydrogen) atoms. The zero-order valence-electron chi connectivity index (χ0n) is 24.8. The smallest absolute Gasteiger partial charge is 0.410 e. The number of anilines is 3. The highest BCUT2D eigenvalue weighted by atomic mass is 16.6. The van der Waals surface area contributed by atoms with Gasteiger partial charge in [0.1, 0.15) is 22.8 Å². The normalized spacial score (nSPS) is 20.8. The Hall–Kier alpha value is -4.22. The highest BCUT2D eigenvalue weighted by molar-refractivity contribution is 5.98. The molecule has 222 valence electrons. The van der Waals surface area contributed by atoms with Gasteiger partial charge in [-0.2, -0.15) is 4.98 Å². The summed E-state index contributed by atoms with van der Waals surface area (Å²) >= 11 is 0. The van der Waals surface area contributed by atoms with Crippen LogP contribution in [-0.2, 0) is 9.53 Å². The van der Waals surface area contributed by atoms with E-state index in [1.165, 1.54) is 0 Å². The summed E-state index contributed by atoms with van der Waals surface area (Å²) in [6.07, 6.45) is 8.05. The molecule has 12 nitrogen and oxygen atoms in total. The number of rotatable bonds is 5. The van der Waals surface area contributed by atoms with Crippen LogP contribution in [0.3, 0.4) is 0 Å². The van der Waals surface area contributed by atoms with Gasteiger partial charge in [0.25, 0.3) is 5.91 Å². The van der Waals surface area contributed by atoms with Crippen molar-refractivity contribution in [3.63, 3.8) is 0 Å². The van der Waals surface area contributed by atoms with Crippen LogP contribution in [0.5, 0.6) is 0 Å². The van der Waals surface area contributed by atoms with Crippen molar-refractivity contribution in [1.82, 2.24) is 29.3 Å². The van der Waals surface area contributed by atoms with Crippen LogP contribution in [0.2, 0.25) is 0 Å². The zero-order valence-corrected chi connectivity index (χ0v) is 24.8. The van der Waals surface area contributed by atoms with Crippen molar-refractivity contribution in [3.05, 3.63) is 36.3 Å². The molecule has 3 aromatic heterocycles. The van der Waals surface area contributed by atoms with E-state index in [9.17, 15) is 14.4 Å². The van der Waals surface area contributed by atoms with Gasteiger partial charge in [0.15, 0.2) is 0 Å². The number of ether oxygens (including phenoxy) is 1. The Labute approximate surface area is 245 Å². The molecule has 0 radical (unpaired) electrons. The van der Waals surface area contributed by atoms with Gasteiger partial charge < -0.3 is 24.4 Å². The van der Waals surface area contributed by atoms with E-state index in [4.69, 9.17) is 9.72 Å². The first-order valence-corrected chi connectivity index (χ1v) is 14.6. The second-order valence-electron chi connectivity index (χ2n) is 12.7. The molecule has 1 N–H and O–H groups in total. The average Bonchev–Trinajstić information content (AvgIpc) is 3.41. The lowest BCUT2D eigenvalue weighted by Crippen LogP contribution is -2.45. The van der Waals surface area contributed by atoms with Crippen molar-refractivity contribution in [2.45, 2.75) is 83.0 Å². The van der Waals surface area contributed by atoms with Crippen LogP contribution >= 0.6 is 0 Å². The van der Waals surface area contributed by atoms with Crippen LogP contribution < -0.4 is 10.2 Å². The van der Waals surface area contributed by atoms with Crippen LogP contribution in [0.15, 0.2) is 30.6 Å². The van der Waals surface area contributed by atoms with Crippen molar-refractivity contribution < 1.29 is 19.1 Å². The molecule has 6 rings (SSSR count). The minimum absolute atomic E-state index is 0.0353. The van der Waals surface area contributed by atoms with Gasteiger partial charge in [-0.05, 0) is 71.1 Å². The minimum atomic E-state index is -0.597. The van der Waals surface area contributed by atoms with Crippen LogP contribution in [0.1, 0.15) is 75.8 Å². The molecule has 1 saturated carbocycles. The molecule has 3 aromatic rings. The van der Waals surface area contributed by atoms with Gasteiger partial charge in [0, 0.05) is 50.7 Å². The lowest BCUT2D eigenvalue weighted by molar-refractivity contribution is -0.119. The van der Waals surface area contributed by atoms with Crippen molar-refractivity contribution >= 4 is 46.4 Å². The van der Waals surface area contributed by atoms with Crippen LogP contribution in [0, 0.1) is 0 Å². The zero-order chi connectivity index (χ0) is 29.8. The summed E-state index contributed by atoms with van der Waals surface area (Å²) in [7, 11) is 3.50. The number of hydrogen-bond acceptors (Lipinski definition) is 8. The number of pyridine rings is 1. The topological polar surface area (TPSA) is 126 Å². The fourth-order valence-corrected chi connectivity index (χ4v) is 6.04. The molecular weight excluding hydrogens is 536 g/mol. The first-order valence-electron chi connectivity index (χ1n) is 14.6. The number of nitrogens with one attached hydrogen (secondary N) is 1. The summed E-state index contributed by atoms with van der Waals surface area (Å²) < 4.78 is 7.69. The maximum atomic E-state index is 13.2. The number of aromatic nitrogens is 4. The molecule has 0 spiro atoms. The van der Waals surface area contributed by atoms with Gasteiger partial charge in [-0.15, -0.1) is 0 Å². The van der Waals surface area contributed by atoms with Crippen molar-refractivity contribution in [2.75, 3.05) is 30.9 Å². The summed E-state index contributed by atoms with van der Waals surface area (Å²) in [6, 6.07) is 5.47. The SMILES string of the molecule is CN(C)C(=O)c1cc2cnc(Nc3ccc(N4CC5CCC(CC4=O)N5C(=O)OC(C)(C)C)cn3)nc2n1C1CCC1. The molecule has 2 bridgehead atoms. The first kappa shape index (κ1) is 27.9. The van der Waals surface area contributed by atoms with Gasteiger partial charge in [-0.3, -0.25) is 14.5 Å². The van der Waals surface area contributed by atoms with Gasteiger partial charge in [0.2, 0.25) is 11.9 Å². The average molecular weight is 575 g/mol. The number of nitrogens with zero attached hydrogens (tertiary/aromatic N) is 7. The summed E-state index contributed by atoms with van der Waals surface area (Å²) in [5.74, 6) is 0.814. The number of carbonyl (C=O) groups is 3. The Balaban J connectivity index is 1.20. The van der Waals surface area contributed by atoms with E-state index in [1.54, 1.807) is 47.3 Å². The van der Waals surface area contributed by atoms with E-state index in [1.807, 2.05) is 37.5 Å². The molecule has 3 amide bonds. The fraction of sp³-hybridized carbons (Fsp3) is 0.533. The summed E-state index contributed by atoms with van der Waals surface area (Å²) in [6.45, 7) is 5.94. The van der Waals surface area contributed by atoms with Gasteiger partial charge in [-0.25, -0.2) is 14.8 Å². The fourth-order valence-electron chi connectivity index (χ4n) is 6.04. The van der Waals surface area contributed by atoms with E-state index >= 15 is 0 Å². The van der Waals surface area contributed by atoms with E-state index in [2.05, 4.69) is 15.3 Å². The molecule has 2 saturated heterocycles. The Kier molecular flexibility index (Phi) is 7.02. The summed E-state index contributed by atoms with van der Waals surface area (Å²) in [5, 5.41) is 3.98. The lowest BCUT2D eigenvalue weighted by atomic mass is 9.92. The Bertz CT molecular complexity index is 1520. The van der Waals surface area contributed by atoms with Crippen molar-refractivity contribution in [3.8, 4) is 0 Å². The third kappa shape index (κ3) is 5.25. The van der Waals surface area contributed by atoms with E-state index in [0.717, 1.165) is 43.1 Å². The van der Waals surface area contributed by atoms with Crippen molar-refractivity contribution in [1.29, 1.82) is 0 Å². The van der Waals surface area contributed by atoms with E-state index < -0.39 is 5.60 Å². The lowest BCUT2D eigenvalue weighted by Gasteiger charge is -2.31. The molecule has 2 atom stereocenters. The molecule has 12 heteroatoms. The third-order valence-corrected chi connectivity index (χ3v) is 8.27. The molecular formula is C30H38N8O4. The van der Waals surface area contributed by atoms with Gasteiger partial charge >= 0.3 is 6.09 Å². The summed E-state index contributed by atoms with van der Waals surface area (Å²) in [5.41, 5.74) is 1.41. The van der Waals surface area contributed by atoms with Gasteiger partial charge in [0.05, 0.1) is 17.9 Å². The number of fused-ring (bicyclic) bond motifs is 3. The quantitative estimate of drug-likeness (QED) is 0.472. The van der Waals surface area contributed by atoms with Crippen LogP contribution in [0.25, 0.3) is 11.0 Å². The molecule has 3 aliphatic rings. The Morgan fingerprint density at radius 2 is 1.79 bits per heavy atom. The van der Waals surface area contributed by atoms with Crippen LogP contribution in [-0.4, -0.2) is 85.6 Å². The second-order valence-corrected chi connectivity index (χ2v) is 12.7. The molecule has 0 aromatic carbocycles. The predicted octanol–water partition coefficient (Wildman–Crippen LogP) is 4.50. The monoisotopic (exact) mass is 574 g/mol. The maximum absolute atomic E-state index is 13.2. The van der Waals surface area contributed by atoms with Crippen LogP contribution in [0.4, 0.5) is 22.2 Å². The largest absolute Gasteiger partial charge is 0.444 e. The molecule has 3 fully saturated rings. The molecule has 5 heterocycles. The summed E-state index contributed by atoms with van der Waals surface area (Å²) in [4.78, 5) is 57.9. The first-order chi connectivity index (χ1) is 20.0. The maximum Gasteiger partial charge on any atom is 0.410 e. The number of carbonyl (C=O) groups excluding carboxylic acids is 3. The molecule has 1 aliphatic carbocycles. The minimum Gasteiger partial charge on any atom is -0.444 e. The molecule has 2 unspecified atom stereocenters. The number of hydrogen-bond donors (Lipinski definition) is 1. The highest BCUT2D eigenvalue weighted by Crippen LogP contribution is 2.37. The van der Waals surface area contributed by atoms with E-state index in [0.29, 0.717) is 29.7 Å². The van der Waals surface area contributed by atoms with Gasteiger partial charge in [-0.1, -0.05) is 0 Å². The highest BCUT2D eigenvalue weighted by Gasteiger charge is 2.44.